The topological polar surface area (TPSA) is 12.4 Å². The molecule has 0 aromatic carbocycles. The second-order valence-electron chi connectivity index (χ2n) is 2.10. The van der Waals surface area contributed by atoms with Crippen LogP contribution in [0.2, 0.25) is 0 Å². The van der Waals surface area contributed by atoms with Crippen LogP contribution in [0, 0.1) is 0 Å². The van der Waals surface area contributed by atoms with Gasteiger partial charge in [0.1, 0.15) is 0 Å². The highest BCUT2D eigenvalue weighted by molar-refractivity contribution is 8.14. The van der Waals surface area contributed by atoms with Crippen molar-refractivity contribution in [1.29, 1.82) is 0 Å². The molecule has 1 nitrogen and oxygen atoms in total. The zero-order valence-corrected chi connectivity index (χ0v) is 7.11. The maximum absolute atomic E-state index is 4.32. The highest BCUT2D eigenvalue weighted by Crippen LogP contribution is 2.20. The summed E-state index contributed by atoms with van der Waals surface area (Å²) < 4.78 is 0. The Balaban J connectivity index is 2.59. The molecular weight excluding hydrogens is 142 g/mol. The third-order valence-corrected chi connectivity index (χ3v) is 2.16. The van der Waals surface area contributed by atoms with Crippen LogP contribution in [-0.2, 0) is 0 Å². The van der Waals surface area contributed by atoms with Crippen LogP contribution in [0.4, 0.5) is 0 Å². The Morgan fingerprint density at radius 3 is 2.90 bits per heavy atom. The van der Waals surface area contributed by atoms with Crippen molar-refractivity contribution in [2.24, 2.45) is 4.99 Å². The van der Waals surface area contributed by atoms with Crippen LogP contribution in [0.15, 0.2) is 28.9 Å². The van der Waals surface area contributed by atoms with E-state index in [1.807, 2.05) is 26.0 Å². The van der Waals surface area contributed by atoms with E-state index in [0.717, 1.165) is 5.75 Å². The summed E-state index contributed by atoms with van der Waals surface area (Å²) in [4.78, 5) is 4.32. The molecule has 0 aromatic heterocycles. The first kappa shape index (κ1) is 7.61. The van der Waals surface area contributed by atoms with Gasteiger partial charge >= 0.3 is 0 Å². The van der Waals surface area contributed by atoms with Crippen molar-refractivity contribution in [3.8, 4) is 0 Å². The van der Waals surface area contributed by atoms with E-state index in [0.29, 0.717) is 0 Å². The lowest BCUT2D eigenvalue weighted by molar-refractivity contribution is 1.35. The molecule has 0 unspecified atom stereocenters. The van der Waals surface area contributed by atoms with Crippen molar-refractivity contribution >= 4 is 16.8 Å². The zero-order chi connectivity index (χ0) is 7.40. The molecule has 10 heavy (non-hydrogen) atoms. The lowest BCUT2D eigenvalue weighted by Gasteiger charge is -1.83. The van der Waals surface area contributed by atoms with Gasteiger partial charge in [-0.1, -0.05) is 12.2 Å². The number of allylic oxidation sites excluding steroid dienone is 3. The minimum absolute atomic E-state index is 1.04. The Bertz CT molecular complexity index is 201. The van der Waals surface area contributed by atoms with Gasteiger partial charge in [-0.25, -0.2) is 0 Å². The first-order valence-corrected chi connectivity index (χ1v) is 4.31. The van der Waals surface area contributed by atoms with Crippen LogP contribution >= 0.6 is 11.8 Å². The monoisotopic (exact) mass is 153 g/mol. The SMILES string of the molecule is C/C=C\C=C1/CSC(C)=N1. The normalized spacial score (nSPS) is 22.6. The number of rotatable bonds is 1. The molecule has 0 N–H and O–H groups in total. The van der Waals surface area contributed by atoms with Gasteiger partial charge in [0.05, 0.1) is 10.7 Å². The Morgan fingerprint density at radius 1 is 1.60 bits per heavy atom. The van der Waals surface area contributed by atoms with E-state index >= 15 is 0 Å². The fourth-order valence-electron chi connectivity index (χ4n) is 0.738. The van der Waals surface area contributed by atoms with Crippen molar-refractivity contribution in [3.05, 3.63) is 23.9 Å². The van der Waals surface area contributed by atoms with E-state index in [4.69, 9.17) is 0 Å². The molecule has 2 heteroatoms. The summed E-state index contributed by atoms with van der Waals surface area (Å²) in [5.41, 5.74) is 1.18. The Kier molecular flexibility index (Phi) is 2.75. The lowest BCUT2D eigenvalue weighted by atomic mass is 10.4. The van der Waals surface area contributed by atoms with E-state index in [2.05, 4.69) is 11.1 Å². The summed E-state index contributed by atoms with van der Waals surface area (Å²) in [6, 6.07) is 0. The van der Waals surface area contributed by atoms with Crippen molar-refractivity contribution in [2.45, 2.75) is 13.8 Å². The van der Waals surface area contributed by atoms with E-state index in [9.17, 15) is 0 Å². The number of aliphatic imine (C=N–C) groups is 1. The smallest absolute Gasteiger partial charge is 0.0707 e. The van der Waals surface area contributed by atoms with Gasteiger partial charge in [-0.2, -0.15) is 0 Å². The molecule has 1 aliphatic heterocycles. The summed E-state index contributed by atoms with van der Waals surface area (Å²) in [5, 5.41) is 1.18. The summed E-state index contributed by atoms with van der Waals surface area (Å²) in [6.45, 7) is 4.05. The molecule has 0 fully saturated rings. The van der Waals surface area contributed by atoms with Gasteiger partial charge in [-0.3, -0.25) is 4.99 Å². The largest absolute Gasteiger partial charge is 0.250 e. The third-order valence-electron chi connectivity index (χ3n) is 1.21. The second-order valence-corrected chi connectivity index (χ2v) is 3.27. The van der Waals surface area contributed by atoms with Gasteiger partial charge in [0.15, 0.2) is 0 Å². The minimum atomic E-state index is 1.04. The van der Waals surface area contributed by atoms with Gasteiger partial charge in [0.25, 0.3) is 0 Å². The van der Waals surface area contributed by atoms with Crippen LogP contribution in [0.5, 0.6) is 0 Å². The van der Waals surface area contributed by atoms with Gasteiger partial charge in [-0.05, 0) is 19.9 Å². The van der Waals surface area contributed by atoms with Gasteiger partial charge < -0.3 is 0 Å². The van der Waals surface area contributed by atoms with Crippen LogP contribution in [0.1, 0.15) is 13.8 Å². The first-order valence-electron chi connectivity index (χ1n) is 3.33. The average molecular weight is 153 g/mol. The van der Waals surface area contributed by atoms with Crippen molar-refractivity contribution in [1.82, 2.24) is 0 Å². The highest BCUT2D eigenvalue weighted by Gasteiger charge is 2.04. The van der Waals surface area contributed by atoms with Crippen molar-refractivity contribution in [2.75, 3.05) is 5.75 Å². The molecule has 0 amide bonds. The molecule has 0 saturated heterocycles. The molecule has 1 heterocycles. The van der Waals surface area contributed by atoms with E-state index in [1.54, 1.807) is 11.8 Å². The fourth-order valence-corrected chi connectivity index (χ4v) is 1.44. The molecule has 0 atom stereocenters. The lowest BCUT2D eigenvalue weighted by Crippen LogP contribution is -1.71. The van der Waals surface area contributed by atoms with Crippen molar-refractivity contribution in [3.63, 3.8) is 0 Å². The molecule has 0 radical (unpaired) electrons. The molecule has 0 aliphatic carbocycles. The highest BCUT2D eigenvalue weighted by atomic mass is 32.2. The van der Waals surface area contributed by atoms with Gasteiger partial charge in [0.2, 0.25) is 0 Å². The number of hydrogen-bond donors (Lipinski definition) is 0. The van der Waals surface area contributed by atoms with E-state index in [1.165, 1.54) is 10.7 Å². The average Bonchev–Trinajstić information content (AvgIpc) is 2.31. The molecule has 0 bridgehead atoms. The Morgan fingerprint density at radius 2 is 2.40 bits per heavy atom. The number of hydrogen-bond acceptors (Lipinski definition) is 2. The first-order chi connectivity index (χ1) is 4.83. The molecule has 1 rings (SSSR count). The zero-order valence-electron chi connectivity index (χ0n) is 6.29. The Hall–Kier alpha value is -0.500. The predicted molar refractivity (Wildman–Crippen MR) is 48.5 cm³/mol. The molecule has 1 aliphatic rings. The maximum Gasteiger partial charge on any atom is 0.0707 e. The Labute approximate surface area is 65.9 Å². The maximum atomic E-state index is 4.32. The standard InChI is InChI=1S/C8H11NS/c1-3-4-5-8-6-10-7(2)9-8/h3-5H,6H2,1-2H3/b4-3-,8-5+. The summed E-state index contributed by atoms with van der Waals surface area (Å²) in [7, 11) is 0. The van der Waals surface area contributed by atoms with Crippen LogP contribution in [0.25, 0.3) is 0 Å². The van der Waals surface area contributed by atoms with E-state index < -0.39 is 0 Å². The van der Waals surface area contributed by atoms with Gasteiger partial charge in [-0.15, -0.1) is 11.8 Å². The van der Waals surface area contributed by atoms with Gasteiger partial charge in [0, 0.05) is 5.75 Å². The molecule has 0 aromatic rings. The molecule has 0 spiro atoms. The summed E-state index contributed by atoms with van der Waals surface area (Å²) >= 11 is 1.80. The van der Waals surface area contributed by atoms with E-state index in [-0.39, 0.29) is 0 Å². The molecular formula is C8H11NS. The predicted octanol–water partition coefficient (Wildman–Crippen LogP) is 2.61. The third kappa shape index (κ3) is 2.03. The fraction of sp³-hybridized carbons (Fsp3) is 0.375. The summed E-state index contributed by atoms with van der Waals surface area (Å²) in [5.74, 6) is 1.04. The number of thioether (sulfide) groups is 1. The number of nitrogens with zero attached hydrogens (tertiary/aromatic N) is 1. The molecule has 54 valence electrons. The second kappa shape index (κ2) is 3.62. The quantitative estimate of drug-likeness (QED) is 0.564. The van der Waals surface area contributed by atoms with Crippen LogP contribution in [-0.4, -0.2) is 10.8 Å². The van der Waals surface area contributed by atoms with Crippen LogP contribution in [0.3, 0.4) is 0 Å². The minimum Gasteiger partial charge on any atom is -0.250 e. The molecule has 0 saturated carbocycles. The van der Waals surface area contributed by atoms with Crippen molar-refractivity contribution < 1.29 is 0 Å². The summed E-state index contributed by atoms with van der Waals surface area (Å²) in [6.07, 6.45) is 6.10. The van der Waals surface area contributed by atoms with Crippen LogP contribution < -0.4 is 0 Å².